The Hall–Kier alpha value is -6.97. The molecule has 0 aliphatic carbocycles. The van der Waals surface area contributed by atoms with E-state index in [-0.39, 0.29) is 0 Å². The Morgan fingerprint density at radius 2 is 0.981 bits per heavy atom. The first-order valence-electron chi connectivity index (χ1n) is 17.6. The number of pyridine rings is 1. The molecule has 0 radical (unpaired) electrons. The van der Waals surface area contributed by atoms with Crippen LogP contribution in [0.5, 0.6) is 0 Å². The Morgan fingerprint density at radius 3 is 1.73 bits per heavy atom. The number of aromatic nitrogens is 1. The van der Waals surface area contributed by atoms with Gasteiger partial charge in [0, 0.05) is 28.3 Å². The van der Waals surface area contributed by atoms with Gasteiger partial charge in [0.25, 0.3) is 0 Å². The minimum Gasteiger partial charge on any atom is -0.437 e. The topological polar surface area (TPSA) is 29.3 Å². The summed E-state index contributed by atoms with van der Waals surface area (Å²) in [4.78, 5) is 7.06. The van der Waals surface area contributed by atoms with Gasteiger partial charge >= 0.3 is 0 Å². The number of hydrogen-bond donors (Lipinski definition) is 0. The molecule has 0 aliphatic heterocycles. The van der Waals surface area contributed by atoms with Gasteiger partial charge in [-0.05, 0) is 92.0 Å². The third-order valence-corrected chi connectivity index (χ3v) is 10.1. The summed E-state index contributed by atoms with van der Waals surface area (Å²) in [5.74, 6) is 0. The second kappa shape index (κ2) is 12.4. The molecule has 0 bridgehead atoms. The zero-order valence-electron chi connectivity index (χ0n) is 28.3. The lowest BCUT2D eigenvalue weighted by atomic mass is 9.97. The number of benzene rings is 8. The molecule has 3 heteroatoms. The van der Waals surface area contributed by atoms with E-state index in [0.29, 0.717) is 5.71 Å². The molecule has 0 atom stereocenters. The average molecular weight is 665 g/mol. The van der Waals surface area contributed by atoms with E-state index in [2.05, 4.69) is 193 Å². The standard InChI is InChI=1S/C49H32N2O/c1-2-10-33(11-3-1)38-15-8-16-39(32-38)34-20-25-40(26-21-34)51(41-27-22-37(23-28-41)43-19-9-14-35-12-4-6-17-42(35)43)46-30-31-50-49-47(46)45-29-24-36-13-5-7-18-44(36)48(45)52-49/h1-32H. The smallest absolute Gasteiger partial charge is 0.229 e. The van der Waals surface area contributed by atoms with Crippen molar-refractivity contribution in [2.75, 3.05) is 4.90 Å². The van der Waals surface area contributed by atoms with Gasteiger partial charge < -0.3 is 9.32 Å². The quantitative estimate of drug-likeness (QED) is 0.177. The van der Waals surface area contributed by atoms with Crippen molar-refractivity contribution in [2.45, 2.75) is 0 Å². The van der Waals surface area contributed by atoms with Crippen LogP contribution < -0.4 is 4.90 Å². The maximum Gasteiger partial charge on any atom is 0.229 e. The molecular formula is C49H32N2O. The monoisotopic (exact) mass is 664 g/mol. The van der Waals surface area contributed by atoms with Gasteiger partial charge in [-0.15, -0.1) is 0 Å². The van der Waals surface area contributed by atoms with Crippen LogP contribution in [-0.4, -0.2) is 4.98 Å². The average Bonchev–Trinajstić information content (AvgIpc) is 3.62. The van der Waals surface area contributed by atoms with Gasteiger partial charge in [0.2, 0.25) is 5.71 Å². The summed E-state index contributed by atoms with van der Waals surface area (Å²) in [5.41, 5.74) is 11.7. The fourth-order valence-electron chi connectivity index (χ4n) is 7.60. The molecule has 244 valence electrons. The van der Waals surface area contributed by atoms with E-state index in [1.165, 1.54) is 38.6 Å². The van der Waals surface area contributed by atoms with Crippen molar-refractivity contribution in [1.29, 1.82) is 0 Å². The van der Waals surface area contributed by atoms with Gasteiger partial charge in [-0.25, -0.2) is 4.98 Å². The van der Waals surface area contributed by atoms with E-state index in [0.717, 1.165) is 49.8 Å². The summed E-state index contributed by atoms with van der Waals surface area (Å²) in [5, 5.41) is 6.73. The van der Waals surface area contributed by atoms with Gasteiger partial charge in [0.05, 0.1) is 11.1 Å². The van der Waals surface area contributed by atoms with E-state index in [9.17, 15) is 0 Å². The molecule has 10 aromatic rings. The van der Waals surface area contributed by atoms with Crippen molar-refractivity contribution in [3.8, 4) is 33.4 Å². The van der Waals surface area contributed by atoms with Crippen molar-refractivity contribution in [3.05, 3.63) is 194 Å². The number of furan rings is 1. The zero-order chi connectivity index (χ0) is 34.4. The number of rotatable bonds is 6. The maximum absolute atomic E-state index is 6.53. The predicted octanol–water partition coefficient (Wildman–Crippen LogP) is 13.8. The van der Waals surface area contributed by atoms with Gasteiger partial charge in [0.15, 0.2) is 0 Å². The van der Waals surface area contributed by atoms with Crippen molar-refractivity contribution in [2.24, 2.45) is 0 Å². The molecule has 0 spiro atoms. The molecule has 0 saturated heterocycles. The normalized spacial score (nSPS) is 11.5. The fraction of sp³-hybridized carbons (Fsp3) is 0. The Labute approximate surface area is 301 Å². The minimum atomic E-state index is 0.621. The Morgan fingerprint density at radius 1 is 0.404 bits per heavy atom. The molecule has 2 aromatic heterocycles. The predicted molar refractivity (Wildman–Crippen MR) is 218 cm³/mol. The first-order chi connectivity index (χ1) is 25.8. The molecule has 2 heterocycles. The Bertz CT molecular complexity index is 2880. The van der Waals surface area contributed by atoms with Crippen LogP contribution in [0, 0.1) is 0 Å². The summed E-state index contributed by atoms with van der Waals surface area (Å²) in [6.07, 6.45) is 1.85. The molecule has 10 rings (SSSR count). The van der Waals surface area contributed by atoms with Crippen LogP contribution in [0.3, 0.4) is 0 Å². The third kappa shape index (κ3) is 5.10. The molecule has 0 fully saturated rings. The van der Waals surface area contributed by atoms with E-state index >= 15 is 0 Å². The van der Waals surface area contributed by atoms with Crippen molar-refractivity contribution in [1.82, 2.24) is 4.98 Å². The molecule has 0 amide bonds. The fourth-order valence-corrected chi connectivity index (χ4v) is 7.60. The highest BCUT2D eigenvalue weighted by Gasteiger charge is 2.21. The number of hydrogen-bond acceptors (Lipinski definition) is 3. The summed E-state index contributed by atoms with van der Waals surface area (Å²) >= 11 is 0. The highest BCUT2D eigenvalue weighted by Crippen LogP contribution is 2.44. The molecular weight excluding hydrogens is 633 g/mol. The van der Waals surface area contributed by atoms with E-state index < -0.39 is 0 Å². The minimum absolute atomic E-state index is 0.621. The zero-order valence-corrected chi connectivity index (χ0v) is 28.3. The third-order valence-electron chi connectivity index (χ3n) is 10.1. The number of nitrogens with zero attached hydrogens (tertiary/aromatic N) is 2. The van der Waals surface area contributed by atoms with E-state index in [4.69, 9.17) is 9.40 Å². The van der Waals surface area contributed by atoms with Crippen LogP contribution in [0.2, 0.25) is 0 Å². The lowest BCUT2D eigenvalue weighted by Crippen LogP contribution is -2.10. The van der Waals surface area contributed by atoms with Crippen LogP contribution in [-0.2, 0) is 0 Å². The van der Waals surface area contributed by atoms with E-state index in [1.807, 2.05) is 6.20 Å². The van der Waals surface area contributed by atoms with Crippen LogP contribution in [0.4, 0.5) is 17.1 Å². The van der Waals surface area contributed by atoms with Crippen LogP contribution >= 0.6 is 0 Å². The lowest BCUT2D eigenvalue weighted by molar-refractivity contribution is 0.657. The summed E-state index contributed by atoms with van der Waals surface area (Å²) in [6.45, 7) is 0. The SMILES string of the molecule is c1ccc(-c2cccc(-c3ccc(N(c4ccc(-c5cccc6ccccc56)cc4)c4ccnc5oc6c7ccccc7ccc6c45)cc3)c2)cc1. The molecule has 0 unspecified atom stereocenters. The van der Waals surface area contributed by atoms with Crippen molar-refractivity contribution >= 4 is 60.7 Å². The van der Waals surface area contributed by atoms with Gasteiger partial charge in [-0.1, -0.05) is 146 Å². The van der Waals surface area contributed by atoms with Crippen molar-refractivity contribution < 1.29 is 4.42 Å². The first-order valence-corrected chi connectivity index (χ1v) is 17.6. The molecule has 0 N–H and O–H groups in total. The van der Waals surface area contributed by atoms with Crippen LogP contribution in [0.1, 0.15) is 0 Å². The number of fused-ring (bicyclic) bond motifs is 6. The summed E-state index contributed by atoms with van der Waals surface area (Å²) in [6, 6.07) is 66.9. The van der Waals surface area contributed by atoms with Gasteiger partial charge in [-0.2, -0.15) is 0 Å². The molecule has 8 aromatic carbocycles. The maximum atomic E-state index is 6.53. The first kappa shape index (κ1) is 29.9. The van der Waals surface area contributed by atoms with Crippen molar-refractivity contribution in [3.63, 3.8) is 0 Å². The van der Waals surface area contributed by atoms with Crippen LogP contribution in [0.25, 0.3) is 77.0 Å². The molecule has 3 nitrogen and oxygen atoms in total. The summed E-state index contributed by atoms with van der Waals surface area (Å²) < 4.78 is 6.53. The van der Waals surface area contributed by atoms with E-state index in [1.54, 1.807) is 0 Å². The number of anilines is 3. The molecule has 0 aliphatic rings. The highest BCUT2D eigenvalue weighted by molar-refractivity contribution is 6.18. The largest absolute Gasteiger partial charge is 0.437 e. The van der Waals surface area contributed by atoms with Gasteiger partial charge in [0.1, 0.15) is 5.58 Å². The van der Waals surface area contributed by atoms with Crippen LogP contribution in [0.15, 0.2) is 199 Å². The Balaban J connectivity index is 1.12. The second-order valence-electron chi connectivity index (χ2n) is 13.2. The lowest BCUT2D eigenvalue weighted by Gasteiger charge is -2.26. The molecule has 0 saturated carbocycles. The Kier molecular flexibility index (Phi) is 7.14. The van der Waals surface area contributed by atoms with Gasteiger partial charge in [-0.3, -0.25) is 0 Å². The second-order valence-corrected chi connectivity index (χ2v) is 13.2. The molecule has 52 heavy (non-hydrogen) atoms. The highest BCUT2D eigenvalue weighted by atomic mass is 16.3. The summed E-state index contributed by atoms with van der Waals surface area (Å²) in [7, 11) is 0.